The van der Waals surface area contributed by atoms with Crippen molar-refractivity contribution in [1.82, 2.24) is 0 Å². The van der Waals surface area contributed by atoms with E-state index in [2.05, 4.69) is 0 Å². The lowest BCUT2D eigenvalue weighted by Crippen LogP contribution is -2.35. The Morgan fingerprint density at radius 3 is 2.40 bits per heavy atom. The molecule has 0 atom stereocenters. The van der Waals surface area contributed by atoms with Crippen LogP contribution in [0.4, 0.5) is 0 Å². The van der Waals surface area contributed by atoms with Gasteiger partial charge in [-0.3, -0.25) is 8.68 Å². The van der Waals surface area contributed by atoms with Gasteiger partial charge in [-0.15, -0.1) is 0 Å². The molecular weight excluding hydrogens is 150 g/mol. The van der Waals surface area contributed by atoms with E-state index in [1.54, 1.807) is 0 Å². The molecule has 0 heterocycles. The Balaban J connectivity index is 3.74. The van der Waals surface area contributed by atoms with E-state index in [1.807, 2.05) is 14.1 Å². The maximum Gasteiger partial charge on any atom is 0.242 e. The zero-order valence-corrected chi connectivity index (χ0v) is 7.44. The SMILES string of the molecule is CC(=O)S[N+](C)(C)CCO. The van der Waals surface area contributed by atoms with Crippen molar-refractivity contribution >= 4 is 17.1 Å². The second kappa shape index (κ2) is 3.95. The first-order valence-corrected chi connectivity index (χ1v) is 3.89. The zero-order chi connectivity index (χ0) is 8.20. The Kier molecular flexibility index (Phi) is 3.93. The fraction of sp³-hybridized carbons (Fsp3) is 0.833. The Hall–Kier alpha value is -0.0600. The quantitative estimate of drug-likeness (QED) is 0.480. The number of aliphatic hydroxyl groups excluding tert-OH is 1. The van der Waals surface area contributed by atoms with Crippen LogP contribution in [-0.2, 0) is 4.79 Å². The molecule has 0 spiro atoms. The monoisotopic (exact) mass is 164 g/mol. The number of quaternary nitrogens is 1. The number of hydrogen-bond acceptors (Lipinski definition) is 3. The normalized spacial score (nSPS) is 11.6. The number of carbonyl (C=O) groups excluding carboxylic acids is 1. The Morgan fingerprint density at radius 1 is 1.60 bits per heavy atom. The van der Waals surface area contributed by atoms with Gasteiger partial charge in [0, 0.05) is 6.92 Å². The van der Waals surface area contributed by atoms with Crippen LogP contribution in [0.15, 0.2) is 0 Å². The third kappa shape index (κ3) is 4.78. The molecule has 0 aliphatic rings. The van der Waals surface area contributed by atoms with Crippen LogP contribution in [0.25, 0.3) is 0 Å². The van der Waals surface area contributed by atoms with E-state index >= 15 is 0 Å². The van der Waals surface area contributed by atoms with Crippen LogP contribution >= 0.6 is 11.9 Å². The molecular formula is C6H14NO2S+. The number of hydrogen-bond donors (Lipinski definition) is 1. The van der Waals surface area contributed by atoms with Gasteiger partial charge in [-0.05, 0) is 0 Å². The molecule has 4 heteroatoms. The van der Waals surface area contributed by atoms with Gasteiger partial charge < -0.3 is 5.11 Å². The second-order valence-electron chi connectivity index (χ2n) is 2.60. The molecule has 1 N–H and O–H groups in total. The maximum atomic E-state index is 10.6. The van der Waals surface area contributed by atoms with E-state index in [4.69, 9.17) is 5.11 Å². The standard InChI is InChI=1S/C6H14NO2S/c1-6(9)10-7(2,3)4-5-8/h8H,4-5H2,1-3H3/q+1. The molecule has 0 aromatic carbocycles. The van der Waals surface area contributed by atoms with Crippen molar-refractivity contribution in [1.29, 1.82) is 0 Å². The third-order valence-corrected chi connectivity index (χ3v) is 1.95. The van der Waals surface area contributed by atoms with Crippen molar-refractivity contribution in [3.05, 3.63) is 0 Å². The lowest BCUT2D eigenvalue weighted by atomic mass is 10.6. The van der Waals surface area contributed by atoms with Gasteiger partial charge in [0.1, 0.15) is 6.54 Å². The predicted molar refractivity (Wildman–Crippen MR) is 42.3 cm³/mol. The molecule has 0 aliphatic heterocycles. The summed E-state index contributed by atoms with van der Waals surface area (Å²) in [5.74, 6) is 0. The minimum absolute atomic E-state index is 0.0819. The van der Waals surface area contributed by atoms with Crippen molar-refractivity contribution in [2.75, 3.05) is 27.2 Å². The van der Waals surface area contributed by atoms with Crippen LogP contribution in [0.2, 0.25) is 0 Å². The van der Waals surface area contributed by atoms with E-state index in [9.17, 15) is 4.79 Å². The van der Waals surface area contributed by atoms with Crippen LogP contribution < -0.4 is 0 Å². The largest absolute Gasteiger partial charge is 0.390 e. The van der Waals surface area contributed by atoms with Crippen molar-refractivity contribution < 1.29 is 13.8 Å². The van der Waals surface area contributed by atoms with Crippen LogP contribution in [0.3, 0.4) is 0 Å². The van der Waals surface area contributed by atoms with Gasteiger partial charge in [0.2, 0.25) is 5.12 Å². The third-order valence-electron chi connectivity index (χ3n) is 1.01. The predicted octanol–water partition coefficient (Wildman–Crippen LogP) is 0.250. The summed E-state index contributed by atoms with van der Waals surface area (Å²) in [7, 11) is 3.78. The molecule has 0 amide bonds. The second-order valence-corrected chi connectivity index (χ2v) is 4.35. The number of nitrogens with zero attached hydrogens (tertiary/aromatic N) is 1. The number of likely N-dealkylation sites (N-methyl/N-ethyl adjacent to an activating group) is 1. The molecule has 0 aromatic rings. The first-order chi connectivity index (χ1) is 4.48. The molecule has 0 saturated carbocycles. The highest BCUT2D eigenvalue weighted by Crippen LogP contribution is 2.15. The fourth-order valence-corrected chi connectivity index (χ4v) is 1.50. The first kappa shape index (κ1) is 9.94. The van der Waals surface area contributed by atoms with Crippen molar-refractivity contribution in [2.45, 2.75) is 6.92 Å². The number of rotatable bonds is 3. The topological polar surface area (TPSA) is 37.3 Å². The molecule has 60 valence electrons. The van der Waals surface area contributed by atoms with Gasteiger partial charge in [0.05, 0.1) is 20.7 Å². The summed E-state index contributed by atoms with van der Waals surface area (Å²) in [4.78, 5) is 10.6. The summed E-state index contributed by atoms with van der Waals surface area (Å²) in [6.07, 6.45) is 0. The summed E-state index contributed by atoms with van der Waals surface area (Å²) in [5, 5.41) is 8.66. The minimum Gasteiger partial charge on any atom is -0.390 e. The van der Waals surface area contributed by atoms with E-state index in [1.165, 1.54) is 18.9 Å². The van der Waals surface area contributed by atoms with Gasteiger partial charge in [0.15, 0.2) is 11.9 Å². The lowest BCUT2D eigenvalue weighted by molar-refractivity contribution is -0.750. The molecule has 0 aromatic heterocycles. The Labute approximate surface area is 65.7 Å². The molecule has 3 nitrogen and oxygen atoms in total. The van der Waals surface area contributed by atoms with Crippen molar-refractivity contribution in [3.8, 4) is 0 Å². The van der Waals surface area contributed by atoms with Crippen LogP contribution in [0, 0.1) is 0 Å². The molecule has 0 radical (unpaired) electrons. The lowest BCUT2D eigenvalue weighted by Gasteiger charge is -2.23. The highest BCUT2D eigenvalue weighted by atomic mass is 32.2. The molecule has 10 heavy (non-hydrogen) atoms. The average molecular weight is 164 g/mol. The molecule has 0 unspecified atom stereocenters. The zero-order valence-electron chi connectivity index (χ0n) is 6.63. The van der Waals surface area contributed by atoms with E-state index < -0.39 is 0 Å². The van der Waals surface area contributed by atoms with E-state index in [-0.39, 0.29) is 11.7 Å². The Morgan fingerprint density at radius 2 is 2.10 bits per heavy atom. The summed E-state index contributed by atoms with van der Waals surface area (Å²) < 4.78 is 0.492. The fourth-order valence-electron chi connectivity index (χ4n) is 0.634. The van der Waals surface area contributed by atoms with E-state index in [0.717, 1.165) is 0 Å². The summed E-state index contributed by atoms with van der Waals surface area (Å²) in [5.41, 5.74) is 0. The Bertz CT molecular complexity index is 125. The summed E-state index contributed by atoms with van der Waals surface area (Å²) >= 11 is 1.22. The van der Waals surface area contributed by atoms with Crippen molar-refractivity contribution in [2.24, 2.45) is 0 Å². The highest BCUT2D eigenvalue weighted by molar-refractivity contribution is 8.08. The van der Waals surface area contributed by atoms with E-state index in [0.29, 0.717) is 10.4 Å². The van der Waals surface area contributed by atoms with Gasteiger partial charge in [-0.25, -0.2) is 0 Å². The minimum atomic E-state index is 0.0819. The number of carbonyl (C=O) groups is 1. The molecule has 0 rings (SSSR count). The molecule has 0 bridgehead atoms. The van der Waals surface area contributed by atoms with Crippen molar-refractivity contribution in [3.63, 3.8) is 0 Å². The highest BCUT2D eigenvalue weighted by Gasteiger charge is 2.18. The van der Waals surface area contributed by atoms with Crippen LogP contribution in [0.1, 0.15) is 6.92 Å². The van der Waals surface area contributed by atoms with Gasteiger partial charge in [-0.2, -0.15) is 0 Å². The average Bonchev–Trinajstić information content (AvgIpc) is 1.59. The van der Waals surface area contributed by atoms with Gasteiger partial charge >= 0.3 is 0 Å². The molecule has 0 aliphatic carbocycles. The number of aliphatic hydroxyl groups is 1. The summed E-state index contributed by atoms with van der Waals surface area (Å²) in [6.45, 7) is 2.25. The van der Waals surface area contributed by atoms with Gasteiger partial charge in [-0.1, -0.05) is 0 Å². The maximum absolute atomic E-state index is 10.6. The first-order valence-electron chi connectivity index (χ1n) is 3.12. The van der Waals surface area contributed by atoms with Crippen LogP contribution in [-0.4, -0.2) is 41.4 Å². The van der Waals surface area contributed by atoms with Gasteiger partial charge in [0.25, 0.3) is 0 Å². The smallest absolute Gasteiger partial charge is 0.242 e. The van der Waals surface area contributed by atoms with Crippen LogP contribution in [0.5, 0.6) is 0 Å². The molecule has 0 saturated heterocycles. The summed E-state index contributed by atoms with van der Waals surface area (Å²) in [6, 6.07) is 0. The molecule has 0 fully saturated rings.